The van der Waals surface area contributed by atoms with E-state index < -0.39 is 17.4 Å². The van der Waals surface area contributed by atoms with Gasteiger partial charge in [-0.15, -0.1) is 12.3 Å². The molecule has 0 radical (unpaired) electrons. The molecule has 0 spiro atoms. The zero-order valence-corrected chi connectivity index (χ0v) is 13.1. The van der Waals surface area contributed by atoms with Crippen molar-refractivity contribution < 1.29 is 19.1 Å². The third-order valence-corrected chi connectivity index (χ3v) is 3.42. The lowest BCUT2D eigenvalue weighted by molar-refractivity contribution is -0.172. The molecule has 4 nitrogen and oxygen atoms in total. The van der Waals surface area contributed by atoms with Crippen LogP contribution < -0.4 is 0 Å². The standard InChI is InChI=1S/C18H22O4/c1-4-13-18(16(19)21-5-2,17(20)22-6-3)14-12-15-10-8-7-9-11-15/h1,7-11H,5-6,12-14H2,2-3H3. The molecule has 0 aliphatic heterocycles. The summed E-state index contributed by atoms with van der Waals surface area (Å²) in [6.45, 7) is 3.77. The second-order valence-electron chi connectivity index (χ2n) is 4.89. The fourth-order valence-electron chi connectivity index (χ4n) is 2.24. The second-order valence-corrected chi connectivity index (χ2v) is 4.89. The van der Waals surface area contributed by atoms with Crippen molar-refractivity contribution in [3.8, 4) is 12.3 Å². The summed E-state index contributed by atoms with van der Waals surface area (Å²) in [6.07, 6.45) is 6.16. The van der Waals surface area contributed by atoms with E-state index in [9.17, 15) is 9.59 Å². The third kappa shape index (κ3) is 4.36. The van der Waals surface area contributed by atoms with E-state index in [0.29, 0.717) is 6.42 Å². The Kier molecular flexibility index (Phi) is 7.18. The number of rotatable bonds is 8. The topological polar surface area (TPSA) is 52.6 Å². The Balaban J connectivity index is 3.03. The highest BCUT2D eigenvalue weighted by atomic mass is 16.6. The molecule has 0 unspecified atom stereocenters. The number of benzene rings is 1. The first kappa shape index (κ1) is 17.8. The summed E-state index contributed by atoms with van der Waals surface area (Å²) in [4.78, 5) is 24.7. The fraction of sp³-hybridized carbons (Fsp3) is 0.444. The number of aryl methyl sites for hydroxylation is 1. The quantitative estimate of drug-likeness (QED) is 0.421. The molecular formula is C18H22O4. The van der Waals surface area contributed by atoms with Gasteiger partial charge in [-0.3, -0.25) is 9.59 Å². The molecule has 118 valence electrons. The predicted octanol–water partition coefficient (Wildman–Crippen LogP) is 2.76. The van der Waals surface area contributed by atoms with Crippen LogP contribution in [0.1, 0.15) is 32.3 Å². The van der Waals surface area contributed by atoms with E-state index in [1.54, 1.807) is 13.8 Å². The molecule has 0 N–H and O–H groups in total. The minimum absolute atomic E-state index is 0.0303. The normalized spacial score (nSPS) is 10.6. The fourth-order valence-corrected chi connectivity index (χ4v) is 2.24. The van der Waals surface area contributed by atoms with Gasteiger partial charge in [0.1, 0.15) is 0 Å². The van der Waals surface area contributed by atoms with Gasteiger partial charge >= 0.3 is 11.9 Å². The van der Waals surface area contributed by atoms with Crippen LogP contribution in [0.2, 0.25) is 0 Å². The van der Waals surface area contributed by atoms with Gasteiger partial charge in [0.15, 0.2) is 5.41 Å². The van der Waals surface area contributed by atoms with E-state index in [1.807, 2.05) is 30.3 Å². The first-order valence-corrected chi connectivity index (χ1v) is 7.42. The van der Waals surface area contributed by atoms with Crippen molar-refractivity contribution in [1.29, 1.82) is 0 Å². The van der Waals surface area contributed by atoms with Gasteiger partial charge in [-0.1, -0.05) is 30.3 Å². The van der Waals surface area contributed by atoms with Gasteiger partial charge in [0, 0.05) is 6.42 Å². The highest BCUT2D eigenvalue weighted by Crippen LogP contribution is 2.32. The number of terminal acetylenes is 1. The molecule has 1 rings (SSSR count). The number of ether oxygens (including phenoxy) is 2. The van der Waals surface area contributed by atoms with Gasteiger partial charge in [0.2, 0.25) is 0 Å². The molecule has 0 aliphatic carbocycles. The van der Waals surface area contributed by atoms with Crippen LogP contribution in [-0.4, -0.2) is 25.2 Å². The number of carbonyl (C=O) groups is 2. The van der Waals surface area contributed by atoms with Crippen molar-refractivity contribution in [2.24, 2.45) is 5.41 Å². The summed E-state index contributed by atoms with van der Waals surface area (Å²) < 4.78 is 10.2. The Morgan fingerprint density at radius 2 is 1.64 bits per heavy atom. The number of carbonyl (C=O) groups excluding carboxylic acids is 2. The summed E-state index contributed by atoms with van der Waals surface area (Å²) in [5, 5.41) is 0. The lowest BCUT2D eigenvalue weighted by Crippen LogP contribution is -2.42. The third-order valence-electron chi connectivity index (χ3n) is 3.42. The SMILES string of the molecule is C#CCC(CCc1ccccc1)(C(=O)OCC)C(=O)OCC. The number of esters is 2. The maximum atomic E-state index is 12.4. The molecule has 0 fully saturated rings. The average molecular weight is 302 g/mol. The van der Waals surface area contributed by atoms with E-state index in [0.717, 1.165) is 5.56 Å². The van der Waals surface area contributed by atoms with Crippen molar-refractivity contribution >= 4 is 11.9 Å². The largest absolute Gasteiger partial charge is 0.465 e. The summed E-state index contributed by atoms with van der Waals surface area (Å²) >= 11 is 0. The van der Waals surface area contributed by atoms with Crippen molar-refractivity contribution in [2.75, 3.05) is 13.2 Å². The molecule has 0 saturated carbocycles. The number of hydrogen-bond donors (Lipinski definition) is 0. The van der Waals surface area contributed by atoms with E-state index >= 15 is 0 Å². The summed E-state index contributed by atoms with van der Waals surface area (Å²) in [6, 6.07) is 9.61. The average Bonchev–Trinajstić information content (AvgIpc) is 2.53. The van der Waals surface area contributed by atoms with Crippen LogP contribution in [0.25, 0.3) is 0 Å². The van der Waals surface area contributed by atoms with Crippen LogP contribution >= 0.6 is 0 Å². The first-order valence-electron chi connectivity index (χ1n) is 7.42. The molecular weight excluding hydrogens is 280 g/mol. The zero-order chi connectivity index (χ0) is 16.4. The van der Waals surface area contributed by atoms with Gasteiger partial charge in [0.25, 0.3) is 0 Å². The Labute approximate surface area is 131 Å². The van der Waals surface area contributed by atoms with Gasteiger partial charge in [-0.25, -0.2) is 0 Å². The smallest absolute Gasteiger partial charge is 0.324 e. The molecule has 1 aromatic rings. The van der Waals surface area contributed by atoms with E-state index in [4.69, 9.17) is 15.9 Å². The highest BCUT2D eigenvalue weighted by Gasteiger charge is 2.47. The molecule has 1 aromatic carbocycles. The summed E-state index contributed by atoms with van der Waals surface area (Å²) in [7, 11) is 0. The van der Waals surface area contributed by atoms with Crippen LogP contribution in [-0.2, 0) is 25.5 Å². The summed E-state index contributed by atoms with van der Waals surface area (Å²) in [5.41, 5.74) is -0.408. The van der Waals surface area contributed by atoms with Crippen LogP contribution in [0.5, 0.6) is 0 Å². The molecule has 22 heavy (non-hydrogen) atoms. The van der Waals surface area contributed by atoms with E-state index in [2.05, 4.69) is 5.92 Å². The Hall–Kier alpha value is -2.28. The van der Waals surface area contributed by atoms with Crippen molar-refractivity contribution in [3.63, 3.8) is 0 Å². The molecule has 0 saturated heterocycles. The lowest BCUT2D eigenvalue weighted by Gasteiger charge is -2.27. The Bertz CT molecular complexity index is 510. The van der Waals surface area contributed by atoms with Gasteiger partial charge < -0.3 is 9.47 Å². The van der Waals surface area contributed by atoms with Crippen LogP contribution in [0.15, 0.2) is 30.3 Å². The molecule has 0 aliphatic rings. The van der Waals surface area contributed by atoms with Gasteiger partial charge in [-0.05, 0) is 32.3 Å². The Morgan fingerprint density at radius 1 is 1.09 bits per heavy atom. The second kappa shape index (κ2) is 8.89. The molecule has 0 heterocycles. The number of hydrogen-bond acceptors (Lipinski definition) is 4. The molecule has 0 atom stereocenters. The molecule has 4 heteroatoms. The minimum Gasteiger partial charge on any atom is -0.465 e. The molecule has 0 bridgehead atoms. The van der Waals surface area contributed by atoms with E-state index in [1.165, 1.54) is 0 Å². The van der Waals surface area contributed by atoms with Gasteiger partial charge in [-0.2, -0.15) is 0 Å². The highest BCUT2D eigenvalue weighted by molar-refractivity contribution is 6.00. The minimum atomic E-state index is -1.43. The maximum Gasteiger partial charge on any atom is 0.324 e. The maximum absolute atomic E-state index is 12.4. The first-order chi connectivity index (χ1) is 10.6. The van der Waals surface area contributed by atoms with Crippen LogP contribution in [0.3, 0.4) is 0 Å². The van der Waals surface area contributed by atoms with Crippen molar-refractivity contribution in [1.82, 2.24) is 0 Å². The van der Waals surface area contributed by atoms with Crippen molar-refractivity contribution in [2.45, 2.75) is 33.1 Å². The Morgan fingerprint density at radius 3 is 2.09 bits per heavy atom. The zero-order valence-electron chi connectivity index (χ0n) is 13.1. The van der Waals surface area contributed by atoms with E-state index in [-0.39, 0.29) is 26.1 Å². The summed E-state index contributed by atoms with van der Waals surface area (Å²) in [5.74, 6) is 1.20. The van der Waals surface area contributed by atoms with Crippen molar-refractivity contribution in [3.05, 3.63) is 35.9 Å². The van der Waals surface area contributed by atoms with Gasteiger partial charge in [0.05, 0.1) is 13.2 Å². The predicted molar refractivity (Wildman–Crippen MR) is 83.9 cm³/mol. The molecule has 0 amide bonds. The lowest BCUT2D eigenvalue weighted by atomic mass is 9.79. The molecule has 0 aromatic heterocycles. The van der Waals surface area contributed by atoms with Crippen LogP contribution in [0.4, 0.5) is 0 Å². The van der Waals surface area contributed by atoms with Crippen LogP contribution in [0, 0.1) is 17.8 Å². The monoisotopic (exact) mass is 302 g/mol.